The van der Waals surface area contributed by atoms with E-state index in [0.29, 0.717) is 6.42 Å². The number of imide groups is 1. The summed E-state index contributed by atoms with van der Waals surface area (Å²) in [4.78, 5) is 38.8. The third kappa shape index (κ3) is 2.70. The summed E-state index contributed by atoms with van der Waals surface area (Å²) >= 11 is 0. The fourth-order valence-corrected chi connectivity index (χ4v) is 3.86. The number of amides is 3. The average molecular weight is 370 g/mol. The van der Waals surface area contributed by atoms with Crippen LogP contribution in [0.2, 0.25) is 0 Å². The van der Waals surface area contributed by atoms with Crippen LogP contribution in [-0.2, 0) is 16.8 Å². The number of nitrogens with zero attached hydrogens (tertiary/aromatic N) is 1. The van der Waals surface area contributed by atoms with Crippen LogP contribution >= 0.6 is 0 Å². The maximum atomic E-state index is 13.4. The first-order chi connectivity index (χ1) is 12.9. The lowest BCUT2D eigenvalue weighted by Gasteiger charge is -2.33. The van der Waals surface area contributed by atoms with E-state index in [1.807, 2.05) is 18.2 Å². The number of fused-ring (bicyclic) bond motifs is 2. The molecule has 1 atom stereocenters. The third-order valence-corrected chi connectivity index (χ3v) is 5.19. The zero-order valence-electron chi connectivity index (χ0n) is 14.3. The summed E-state index contributed by atoms with van der Waals surface area (Å²) in [6, 6.07) is 9.50. The van der Waals surface area contributed by atoms with Crippen LogP contribution in [-0.4, -0.2) is 29.2 Å². The van der Waals surface area contributed by atoms with Crippen molar-refractivity contribution in [3.8, 4) is 0 Å². The Hall–Kier alpha value is -3.09. The number of carbonyl (C=O) groups is 3. The Morgan fingerprint density at radius 3 is 2.67 bits per heavy atom. The van der Waals surface area contributed by atoms with Crippen LogP contribution in [0.15, 0.2) is 42.5 Å². The Labute approximate surface area is 154 Å². The Morgan fingerprint density at radius 2 is 1.89 bits per heavy atom. The van der Waals surface area contributed by atoms with Crippen LogP contribution < -0.4 is 5.32 Å². The SMILES string of the molecule is O=C(CN1C(=O)N[C@]2(CCCc3ccccc32)C1=O)c1ccc(F)c(F)c1. The molecule has 0 radical (unpaired) electrons. The first-order valence-electron chi connectivity index (χ1n) is 8.63. The number of aryl methyl sites for hydroxylation is 1. The van der Waals surface area contributed by atoms with Crippen molar-refractivity contribution in [3.05, 3.63) is 70.8 Å². The molecule has 1 spiro atoms. The molecule has 1 saturated heterocycles. The van der Waals surface area contributed by atoms with E-state index in [2.05, 4.69) is 5.32 Å². The van der Waals surface area contributed by atoms with E-state index in [-0.39, 0.29) is 5.56 Å². The van der Waals surface area contributed by atoms with Crippen molar-refractivity contribution >= 4 is 17.7 Å². The van der Waals surface area contributed by atoms with Crippen molar-refractivity contribution in [2.45, 2.75) is 24.8 Å². The van der Waals surface area contributed by atoms with Crippen molar-refractivity contribution in [2.24, 2.45) is 0 Å². The minimum absolute atomic E-state index is 0.0977. The van der Waals surface area contributed by atoms with Gasteiger partial charge in [-0.1, -0.05) is 24.3 Å². The van der Waals surface area contributed by atoms with E-state index in [4.69, 9.17) is 0 Å². The molecule has 0 bridgehead atoms. The van der Waals surface area contributed by atoms with E-state index in [0.717, 1.165) is 47.1 Å². The Bertz CT molecular complexity index is 975. The summed E-state index contributed by atoms with van der Waals surface area (Å²) in [5, 5.41) is 2.75. The van der Waals surface area contributed by atoms with Gasteiger partial charge < -0.3 is 5.32 Å². The number of hydrogen-bond donors (Lipinski definition) is 1. The normalized spacial score (nSPS) is 21.3. The number of Topliss-reactive ketones (excluding diaryl/α,β-unsaturated/α-hetero) is 1. The molecule has 2 aromatic rings. The maximum Gasteiger partial charge on any atom is 0.325 e. The molecule has 1 fully saturated rings. The van der Waals surface area contributed by atoms with Crippen LogP contribution in [0.1, 0.15) is 34.3 Å². The predicted octanol–water partition coefficient (Wildman–Crippen LogP) is 2.93. The molecule has 1 N–H and O–H groups in total. The average Bonchev–Trinajstić information content (AvgIpc) is 2.89. The zero-order valence-corrected chi connectivity index (χ0v) is 14.3. The van der Waals surface area contributed by atoms with E-state index >= 15 is 0 Å². The Kier molecular flexibility index (Phi) is 4.02. The lowest BCUT2D eigenvalue weighted by molar-refractivity contribution is -0.131. The van der Waals surface area contributed by atoms with Crippen LogP contribution in [0.3, 0.4) is 0 Å². The number of nitrogens with one attached hydrogen (secondary N) is 1. The van der Waals surface area contributed by atoms with Crippen LogP contribution in [0, 0.1) is 11.6 Å². The number of benzene rings is 2. The fourth-order valence-electron chi connectivity index (χ4n) is 3.86. The first kappa shape index (κ1) is 17.3. The molecule has 0 aromatic heterocycles. The molecule has 7 heteroatoms. The summed E-state index contributed by atoms with van der Waals surface area (Å²) in [7, 11) is 0. The first-order valence-corrected chi connectivity index (χ1v) is 8.63. The lowest BCUT2D eigenvalue weighted by atomic mass is 9.76. The summed E-state index contributed by atoms with van der Waals surface area (Å²) < 4.78 is 26.4. The highest BCUT2D eigenvalue weighted by Crippen LogP contribution is 2.39. The molecule has 0 saturated carbocycles. The lowest BCUT2D eigenvalue weighted by Crippen LogP contribution is -2.46. The van der Waals surface area contributed by atoms with Gasteiger partial charge in [-0.25, -0.2) is 13.6 Å². The van der Waals surface area contributed by atoms with Gasteiger partial charge in [0.2, 0.25) is 0 Å². The minimum atomic E-state index is -1.17. The fraction of sp³-hybridized carbons (Fsp3) is 0.250. The highest BCUT2D eigenvalue weighted by molar-refractivity contribution is 6.11. The molecule has 1 aliphatic carbocycles. The number of urea groups is 1. The van der Waals surface area contributed by atoms with Gasteiger partial charge in [-0.3, -0.25) is 14.5 Å². The van der Waals surface area contributed by atoms with Gasteiger partial charge in [0.15, 0.2) is 17.4 Å². The van der Waals surface area contributed by atoms with Crippen LogP contribution in [0.4, 0.5) is 13.6 Å². The van der Waals surface area contributed by atoms with Gasteiger partial charge in [0, 0.05) is 5.56 Å². The van der Waals surface area contributed by atoms with Crippen molar-refractivity contribution in [3.63, 3.8) is 0 Å². The molecule has 5 nitrogen and oxygen atoms in total. The van der Waals surface area contributed by atoms with E-state index in [1.54, 1.807) is 6.07 Å². The molecule has 0 unspecified atom stereocenters. The van der Waals surface area contributed by atoms with Gasteiger partial charge in [0.25, 0.3) is 5.91 Å². The largest absolute Gasteiger partial charge is 0.325 e. The van der Waals surface area contributed by atoms with Gasteiger partial charge in [-0.05, 0) is 48.6 Å². The smallest absolute Gasteiger partial charge is 0.319 e. The van der Waals surface area contributed by atoms with E-state index in [1.165, 1.54) is 0 Å². The Morgan fingerprint density at radius 1 is 1.11 bits per heavy atom. The van der Waals surface area contributed by atoms with Crippen molar-refractivity contribution in [1.82, 2.24) is 10.2 Å². The molecule has 1 heterocycles. The van der Waals surface area contributed by atoms with Crippen molar-refractivity contribution in [1.29, 1.82) is 0 Å². The molecule has 2 aromatic carbocycles. The molecular formula is C20H16F2N2O3. The van der Waals surface area contributed by atoms with Gasteiger partial charge >= 0.3 is 6.03 Å². The predicted molar refractivity (Wildman–Crippen MR) is 92.0 cm³/mol. The highest BCUT2D eigenvalue weighted by atomic mass is 19.2. The maximum absolute atomic E-state index is 13.4. The number of ketones is 1. The summed E-state index contributed by atoms with van der Waals surface area (Å²) in [6.45, 7) is -0.528. The van der Waals surface area contributed by atoms with Gasteiger partial charge in [-0.15, -0.1) is 0 Å². The monoisotopic (exact) mass is 370 g/mol. The number of halogens is 2. The summed E-state index contributed by atoms with van der Waals surface area (Å²) in [6.07, 6.45) is 1.99. The van der Waals surface area contributed by atoms with E-state index < -0.39 is 41.4 Å². The number of carbonyl (C=O) groups excluding carboxylic acids is 3. The Balaban J connectivity index is 1.63. The molecule has 138 valence electrons. The second-order valence-corrected chi connectivity index (χ2v) is 6.79. The summed E-state index contributed by atoms with van der Waals surface area (Å²) in [5.74, 6) is -3.36. The quantitative estimate of drug-likeness (QED) is 0.667. The molecular weight excluding hydrogens is 354 g/mol. The number of rotatable bonds is 3. The number of hydrogen-bond acceptors (Lipinski definition) is 3. The zero-order chi connectivity index (χ0) is 19.2. The second kappa shape index (κ2) is 6.26. The highest BCUT2D eigenvalue weighted by Gasteiger charge is 2.54. The van der Waals surface area contributed by atoms with Crippen LogP contribution in [0.5, 0.6) is 0 Å². The summed E-state index contributed by atoms with van der Waals surface area (Å²) in [5.41, 5.74) is 0.475. The standard InChI is InChI=1S/C20H16F2N2O3/c21-15-8-7-13(10-16(15)22)17(25)11-24-18(26)20(23-19(24)27)9-3-5-12-4-1-2-6-14(12)20/h1-2,4,6-8,10H,3,5,9,11H2,(H,23,27)/t20-/m0/s1. The third-order valence-electron chi connectivity index (χ3n) is 5.19. The second-order valence-electron chi connectivity index (χ2n) is 6.79. The molecule has 2 aliphatic rings. The molecule has 4 rings (SSSR count). The molecule has 3 amide bonds. The van der Waals surface area contributed by atoms with E-state index in [9.17, 15) is 23.2 Å². The minimum Gasteiger partial charge on any atom is -0.319 e. The van der Waals surface area contributed by atoms with Gasteiger partial charge in [0.1, 0.15) is 5.54 Å². The molecule has 27 heavy (non-hydrogen) atoms. The van der Waals surface area contributed by atoms with Gasteiger partial charge in [0.05, 0.1) is 6.54 Å². The van der Waals surface area contributed by atoms with Crippen molar-refractivity contribution in [2.75, 3.05) is 6.54 Å². The van der Waals surface area contributed by atoms with Crippen LogP contribution in [0.25, 0.3) is 0 Å². The van der Waals surface area contributed by atoms with Gasteiger partial charge in [-0.2, -0.15) is 0 Å². The topological polar surface area (TPSA) is 66.5 Å². The molecule has 1 aliphatic heterocycles. The van der Waals surface area contributed by atoms with Crippen molar-refractivity contribution < 1.29 is 23.2 Å².